The number of rotatable bonds is 0. The minimum atomic E-state index is -4.32. The molecular weight excluding hydrogens is 155 g/mol. The third-order valence-electron chi connectivity index (χ3n) is 1.38. The van der Waals surface area contributed by atoms with Gasteiger partial charge in [0.05, 0.1) is 0 Å². The van der Waals surface area contributed by atoms with Crippen LogP contribution in [0.15, 0.2) is 24.3 Å². The molecule has 0 fully saturated rings. The second-order valence-electron chi connectivity index (χ2n) is 2.22. The molecule has 1 aliphatic carbocycles. The number of hydrogen-bond donors (Lipinski definition) is 1. The molecule has 0 saturated carbocycles. The van der Waals surface area contributed by atoms with Gasteiger partial charge in [0.2, 0.25) is 0 Å². The maximum atomic E-state index is 12.0. The van der Waals surface area contributed by atoms with Gasteiger partial charge in [-0.25, -0.2) is 0 Å². The fourth-order valence-electron chi connectivity index (χ4n) is 0.827. The third kappa shape index (κ3) is 1.69. The Bertz CT molecular complexity index is 224. The van der Waals surface area contributed by atoms with Crippen LogP contribution in [-0.2, 0) is 0 Å². The fraction of sp³-hybridized carbons (Fsp3) is 0.286. The van der Waals surface area contributed by atoms with Gasteiger partial charge in [-0.1, -0.05) is 18.2 Å². The average molecular weight is 161 g/mol. The van der Waals surface area contributed by atoms with Crippen LogP contribution in [0.25, 0.3) is 0 Å². The number of alkyl halides is 3. The van der Waals surface area contributed by atoms with Gasteiger partial charge >= 0.3 is 6.18 Å². The summed E-state index contributed by atoms with van der Waals surface area (Å²) in [5.74, 6) is -1.72. The van der Waals surface area contributed by atoms with Crippen LogP contribution < -0.4 is 0 Å². The predicted molar refractivity (Wildman–Crippen MR) is 35.6 cm³/mol. The third-order valence-corrected chi connectivity index (χ3v) is 1.38. The largest absolute Gasteiger partial charge is 0.400 e. The van der Waals surface area contributed by atoms with Gasteiger partial charge in [-0.3, -0.25) is 0 Å². The first-order valence-electron chi connectivity index (χ1n) is 3.02. The quantitative estimate of drug-likeness (QED) is 0.563. The van der Waals surface area contributed by atoms with E-state index in [1.54, 1.807) is 0 Å². The lowest BCUT2D eigenvalue weighted by Crippen LogP contribution is -2.28. The van der Waals surface area contributed by atoms with Crippen LogP contribution in [-0.4, -0.2) is 11.9 Å². The number of hydrogen-bond acceptors (Lipinski definition) is 1. The van der Waals surface area contributed by atoms with E-state index in [4.69, 9.17) is 5.41 Å². The van der Waals surface area contributed by atoms with Gasteiger partial charge in [0.15, 0.2) is 0 Å². The lowest BCUT2D eigenvalue weighted by molar-refractivity contribution is -0.143. The topological polar surface area (TPSA) is 23.9 Å². The fourth-order valence-corrected chi connectivity index (χ4v) is 0.827. The highest BCUT2D eigenvalue weighted by Crippen LogP contribution is 2.29. The van der Waals surface area contributed by atoms with Crippen LogP contribution in [0.1, 0.15) is 0 Å². The number of nitrogens with one attached hydrogen (secondary N) is 1. The molecule has 0 saturated heterocycles. The van der Waals surface area contributed by atoms with Gasteiger partial charge in [-0.05, 0) is 6.08 Å². The lowest BCUT2D eigenvalue weighted by Gasteiger charge is -2.17. The Morgan fingerprint density at radius 3 is 2.27 bits per heavy atom. The first kappa shape index (κ1) is 8.04. The minimum Gasteiger partial charge on any atom is -0.304 e. The summed E-state index contributed by atoms with van der Waals surface area (Å²) in [6, 6.07) is 0. The molecule has 0 spiro atoms. The van der Waals surface area contributed by atoms with Crippen LogP contribution in [0.3, 0.4) is 0 Å². The summed E-state index contributed by atoms with van der Waals surface area (Å²) >= 11 is 0. The monoisotopic (exact) mass is 161 g/mol. The van der Waals surface area contributed by atoms with E-state index in [1.165, 1.54) is 12.2 Å². The summed E-state index contributed by atoms with van der Waals surface area (Å²) in [6.45, 7) is 0. The van der Waals surface area contributed by atoms with Gasteiger partial charge in [0.1, 0.15) is 5.92 Å². The summed E-state index contributed by atoms with van der Waals surface area (Å²) in [5.41, 5.74) is -0.403. The molecule has 0 heterocycles. The Balaban J connectivity index is 2.82. The Hall–Kier alpha value is -1.06. The zero-order valence-electron chi connectivity index (χ0n) is 5.52. The van der Waals surface area contributed by atoms with E-state index in [0.717, 1.165) is 12.2 Å². The molecule has 0 bridgehead atoms. The Labute approximate surface area is 61.7 Å². The Kier molecular flexibility index (Phi) is 1.85. The molecule has 60 valence electrons. The molecular formula is C7H6F3N. The van der Waals surface area contributed by atoms with Crippen molar-refractivity contribution in [2.24, 2.45) is 5.92 Å². The molecule has 0 radical (unpaired) electrons. The van der Waals surface area contributed by atoms with E-state index in [1.807, 2.05) is 0 Å². The smallest absolute Gasteiger partial charge is 0.304 e. The van der Waals surface area contributed by atoms with Crippen LogP contribution in [0.5, 0.6) is 0 Å². The van der Waals surface area contributed by atoms with Gasteiger partial charge in [0.25, 0.3) is 0 Å². The molecule has 0 aromatic heterocycles. The molecule has 1 N–H and O–H groups in total. The lowest BCUT2D eigenvalue weighted by atomic mass is 9.98. The molecule has 11 heavy (non-hydrogen) atoms. The van der Waals surface area contributed by atoms with E-state index in [-0.39, 0.29) is 0 Å². The first-order chi connectivity index (χ1) is 5.02. The van der Waals surface area contributed by atoms with Gasteiger partial charge < -0.3 is 5.41 Å². The van der Waals surface area contributed by atoms with Crippen molar-refractivity contribution in [1.29, 1.82) is 5.41 Å². The van der Waals surface area contributed by atoms with E-state index in [2.05, 4.69) is 0 Å². The Morgan fingerprint density at radius 2 is 1.91 bits per heavy atom. The van der Waals surface area contributed by atoms with Crippen LogP contribution in [0, 0.1) is 11.3 Å². The van der Waals surface area contributed by atoms with Crippen molar-refractivity contribution in [2.75, 3.05) is 0 Å². The first-order valence-corrected chi connectivity index (χ1v) is 3.02. The van der Waals surface area contributed by atoms with Gasteiger partial charge in [0, 0.05) is 5.71 Å². The highest BCUT2D eigenvalue weighted by molar-refractivity contribution is 5.97. The predicted octanol–water partition coefficient (Wildman–Crippen LogP) is 2.31. The van der Waals surface area contributed by atoms with Crippen molar-refractivity contribution in [3.05, 3.63) is 24.3 Å². The van der Waals surface area contributed by atoms with Crippen molar-refractivity contribution in [3.63, 3.8) is 0 Å². The second-order valence-corrected chi connectivity index (χ2v) is 2.22. The highest BCUT2D eigenvalue weighted by Gasteiger charge is 2.40. The molecule has 0 amide bonds. The second kappa shape index (κ2) is 2.53. The standard InChI is InChI=1S/C7H6F3N/c8-7(9,10)5-3-1-2-4-6(5)11/h1-5,11H. The Morgan fingerprint density at radius 1 is 1.27 bits per heavy atom. The van der Waals surface area contributed by atoms with Crippen LogP contribution in [0.2, 0.25) is 0 Å². The summed E-state index contributed by atoms with van der Waals surface area (Å²) in [6.07, 6.45) is 0.527. The normalized spacial score (nSPS) is 24.3. The van der Waals surface area contributed by atoms with Crippen molar-refractivity contribution in [2.45, 2.75) is 6.18 Å². The highest BCUT2D eigenvalue weighted by atomic mass is 19.4. The number of allylic oxidation sites excluding steroid dienone is 4. The van der Waals surface area contributed by atoms with Crippen molar-refractivity contribution in [3.8, 4) is 0 Å². The summed E-state index contributed by atoms with van der Waals surface area (Å²) in [4.78, 5) is 0. The van der Waals surface area contributed by atoms with E-state index in [0.29, 0.717) is 0 Å². The molecule has 1 nitrogen and oxygen atoms in total. The maximum absolute atomic E-state index is 12.0. The van der Waals surface area contributed by atoms with Crippen LogP contribution in [0.4, 0.5) is 13.2 Å². The summed E-state index contributed by atoms with van der Waals surface area (Å²) < 4.78 is 35.9. The molecule has 4 heteroatoms. The van der Waals surface area contributed by atoms with Crippen molar-refractivity contribution in [1.82, 2.24) is 0 Å². The molecule has 1 aliphatic rings. The molecule has 1 rings (SSSR count). The number of halogens is 3. The molecule has 1 atom stereocenters. The van der Waals surface area contributed by atoms with Gasteiger partial charge in [-0.15, -0.1) is 0 Å². The molecule has 0 aliphatic heterocycles. The van der Waals surface area contributed by atoms with Crippen molar-refractivity contribution >= 4 is 5.71 Å². The molecule has 0 aromatic carbocycles. The zero-order valence-corrected chi connectivity index (χ0v) is 5.52. The van der Waals surface area contributed by atoms with E-state index >= 15 is 0 Å². The SMILES string of the molecule is N=C1C=CC=CC1C(F)(F)F. The molecule has 1 unspecified atom stereocenters. The average Bonchev–Trinajstić information content (AvgIpc) is 1.86. The van der Waals surface area contributed by atoms with Crippen LogP contribution >= 0.6 is 0 Å². The van der Waals surface area contributed by atoms with E-state index < -0.39 is 17.8 Å². The summed E-state index contributed by atoms with van der Waals surface area (Å²) in [5, 5.41) is 6.94. The minimum absolute atomic E-state index is 0.403. The van der Waals surface area contributed by atoms with E-state index in [9.17, 15) is 13.2 Å². The maximum Gasteiger partial charge on any atom is 0.400 e. The molecule has 0 aromatic rings. The zero-order chi connectivity index (χ0) is 8.48. The van der Waals surface area contributed by atoms with Crippen molar-refractivity contribution < 1.29 is 13.2 Å². The van der Waals surface area contributed by atoms with Gasteiger partial charge in [-0.2, -0.15) is 13.2 Å². The summed E-state index contributed by atoms with van der Waals surface area (Å²) in [7, 11) is 0.